The van der Waals surface area contributed by atoms with Crippen LogP contribution in [0.5, 0.6) is 0 Å². The average Bonchev–Trinajstić information content (AvgIpc) is 2.94. The summed E-state index contributed by atoms with van der Waals surface area (Å²) in [7, 11) is 0. The Hall–Kier alpha value is -2.15. The molecule has 0 spiro atoms. The van der Waals surface area contributed by atoms with Gasteiger partial charge in [-0.3, -0.25) is 14.5 Å². The lowest BCUT2D eigenvalue weighted by molar-refractivity contribution is -0.122. The van der Waals surface area contributed by atoms with Crippen molar-refractivity contribution in [2.24, 2.45) is 0 Å². The molecule has 0 bridgehead atoms. The van der Waals surface area contributed by atoms with E-state index in [4.69, 9.17) is 23.8 Å². The van der Waals surface area contributed by atoms with Crippen molar-refractivity contribution in [1.29, 1.82) is 0 Å². The summed E-state index contributed by atoms with van der Waals surface area (Å²) >= 11 is 12.5. The molecule has 0 radical (unpaired) electrons. The van der Waals surface area contributed by atoms with E-state index >= 15 is 0 Å². The third-order valence-corrected chi connectivity index (χ3v) is 6.27. The van der Waals surface area contributed by atoms with Gasteiger partial charge in [0.2, 0.25) is 5.91 Å². The Morgan fingerprint density at radius 1 is 1.13 bits per heavy atom. The van der Waals surface area contributed by atoms with E-state index in [9.17, 15) is 9.59 Å². The molecule has 0 aromatic heterocycles. The number of thioether (sulfide) groups is 1. The molecule has 2 amide bonds. The number of thiocarbonyl (C=S) groups is 1. The maximum absolute atomic E-state index is 12.8. The minimum Gasteiger partial charge on any atom is -0.326 e. The predicted molar refractivity (Wildman–Crippen MR) is 130 cm³/mol. The van der Waals surface area contributed by atoms with Crippen molar-refractivity contribution in [2.45, 2.75) is 32.6 Å². The zero-order valence-electron chi connectivity index (χ0n) is 17.1. The van der Waals surface area contributed by atoms with Crippen molar-refractivity contribution < 1.29 is 9.59 Å². The third-order valence-electron chi connectivity index (χ3n) is 4.64. The Balaban J connectivity index is 1.60. The molecule has 4 nitrogen and oxygen atoms in total. The maximum Gasteiger partial charge on any atom is 0.266 e. The summed E-state index contributed by atoms with van der Waals surface area (Å²) in [5, 5.41) is 3.39. The molecular formula is C23H23ClN2O2S2. The summed E-state index contributed by atoms with van der Waals surface area (Å²) in [4.78, 5) is 27.0. The van der Waals surface area contributed by atoms with Gasteiger partial charge in [0.05, 0.1) is 4.91 Å². The Kier molecular flexibility index (Phi) is 7.01. The van der Waals surface area contributed by atoms with Crippen LogP contribution in [-0.2, 0) is 15.0 Å². The SMILES string of the molecule is CC(C)(C)c1ccc(/C=C2\SC(=S)N(CCC(=O)Nc3ccc(Cl)cc3)C2=O)cc1. The molecule has 0 saturated carbocycles. The van der Waals surface area contributed by atoms with E-state index in [0.29, 0.717) is 19.9 Å². The minimum atomic E-state index is -0.187. The summed E-state index contributed by atoms with van der Waals surface area (Å²) in [6.45, 7) is 6.73. The van der Waals surface area contributed by atoms with Gasteiger partial charge in [-0.1, -0.05) is 80.6 Å². The van der Waals surface area contributed by atoms with Crippen molar-refractivity contribution in [3.63, 3.8) is 0 Å². The van der Waals surface area contributed by atoms with Crippen molar-refractivity contribution in [3.8, 4) is 0 Å². The highest BCUT2D eigenvalue weighted by molar-refractivity contribution is 8.26. The number of nitrogens with one attached hydrogen (secondary N) is 1. The summed E-state index contributed by atoms with van der Waals surface area (Å²) in [5.41, 5.74) is 2.92. The fourth-order valence-corrected chi connectivity index (χ4v) is 4.33. The molecule has 1 aliphatic heterocycles. The van der Waals surface area contributed by atoms with E-state index in [1.165, 1.54) is 22.2 Å². The summed E-state index contributed by atoms with van der Waals surface area (Å²) in [6.07, 6.45) is 2.00. The van der Waals surface area contributed by atoms with Gasteiger partial charge in [0.15, 0.2) is 0 Å². The van der Waals surface area contributed by atoms with Gasteiger partial charge in [0.1, 0.15) is 4.32 Å². The zero-order chi connectivity index (χ0) is 21.9. The molecule has 30 heavy (non-hydrogen) atoms. The van der Waals surface area contributed by atoms with Gasteiger partial charge in [0.25, 0.3) is 5.91 Å². The highest BCUT2D eigenvalue weighted by atomic mass is 35.5. The number of amides is 2. The van der Waals surface area contributed by atoms with E-state index in [1.54, 1.807) is 24.3 Å². The molecule has 1 fully saturated rings. The first-order valence-electron chi connectivity index (χ1n) is 9.55. The van der Waals surface area contributed by atoms with Gasteiger partial charge >= 0.3 is 0 Å². The predicted octanol–water partition coefficient (Wildman–Crippen LogP) is 5.87. The first-order valence-corrected chi connectivity index (χ1v) is 11.1. The van der Waals surface area contributed by atoms with E-state index < -0.39 is 0 Å². The van der Waals surface area contributed by atoms with Crippen LogP contribution in [0.15, 0.2) is 53.4 Å². The minimum absolute atomic E-state index is 0.0779. The number of carbonyl (C=O) groups excluding carboxylic acids is 2. The highest BCUT2D eigenvalue weighted by Crippen LogP contribution is 2.33. The van der Waals surface area contributed by atoms with E-state index in [2.05, 4.69) is 38.2 Å². The van der Waals surface area contributed by atoms with E-state index in [-0.39, 0.29) is 30.2 Å². The molecule has 0 aliphatic carbocycles. The second-order valence-electron chi connectivity index (χ2n) is 8.01. The first kappa shape index (κ1) is 22.5. The van der Waals surface area contributed by atoms with E-state index in [1.807, 2.05) is 18.2 Å². The second-order valence-corrected chi connectivity index (χ2v) is 10.1. The summed E-state index contributed by atoms with van der Waals surface area (Å²) in [5.74, 6) is -0.350. The molecule has 2 aromatic rings. The van der Waals surface area contributed by atoms with Crippen LogP contribution < -0.4 is 5.32 Å². The summed E-state index contributed by atoms with van der Waals surface area (Å²) < 4.78 is 0.469. The van der Waals surface area contributed by atoms with Crippen molar-refractivity contribution in [3.05, 3.63) is 69.6 Å². The van der Waals surface area contributed by atoms with Crippen LogP contribution in [0.25, 0.3) is 6.08 Å². The zero-order valence-corrected chi connectivity index (χ0v) is 19.5. The number of hydrogen-bond donors (Lipinski definition) is 1. The van der Waals surface area contributed by atoms with Crippen molar-refractivity contribution in [2.75, 3.05) is 11.9 Å². The number of anilines is 1. The van der Waals surface area contributed by atoms with Crippen LogP contribution in [0.1, 0.15) is 38.3 Å². The molecule has 3 rings (SSSR count). The Morgan fingerprint density at radius 3 is 2.37 bits per heavy atom. The quantitative estimate of drug-likeness (QED) is 0.449. The number of benzene rings is 2. The number of hydrogen-bond acceptors (Lipinski definition) is 4. The molecule has 1 heterocycles. The van der Waals surface area contributed by atoms with Crippen LogP contribution in [0, 0.1) is 0 Å². The lowest BCUT2D eigenvalue weighted by Crippen LogP contribution is -2.31. The molecule has 1 aliphatic rings. The molecule has 0 unspecified atom stereocenters. The number of nitrogens with zero attached hydrogens (tertiary/aromatic N) is 1. The van der Waals surface area contributed by atoms with Gasteiger partial charge in [-0.25, -0.2) is 0 Å². The van der Waals surface area contributed by atoms with Crippen LogP contribution in [-0.4, -0.2) is 27.6 Å². The van der Waals surface area contributed by atoms with Crippen LogP contribution in [0.3, 0.4) is 0 Å². The molecule has 0 atom stereocenters. The fourth-order valence-electron chi connectivity index (χ4n) is 2.89. The number of carbonyl (C=O) groups is 2. The fraction of sp³-hybridized carbons (Fsp3) is 0.261. The average molecular weight is 459 g/mol. The second kappa shape index (κ2) is 9.33. The Morgan fingerprint density at radius 2 is 1.77 bits per heavy atom. The molecule has 7 heteroatoms. The topological polar surface area (TPSA) is 49.4 Å². The Labute approximate surface area is 191 Å². The largest absolute Gasteiger partial charge is 0.326 e. The van der Waals surface area contributed by atoms with Gasteiger partial charge in [-0.05, 0) is 46.9 Å². The molecule has 156 valence electrons. The molecule has 1 N–H and O–H groups in total. The number of rotatable bonds is 5. The number of halogens is 1. The van der Waals surface area contributed by atoms with Gasteiger partial charge < -0.3 is 5.32 Å². The van der Waals surface area contributed by atoms with Crippen molar-refractivity contribution in [1.82, 2.24) is 4.90 Å². The lowest BCUT2D eigenvalue weighted by Gasteiger charge is -2.18. The monoisotopic (exact) mass is 458 g/mol. The Bertz CT molecular complexity index is 993. The van der Waals surface area contributed by atoms with Crippen LogP contribution in [0.2, 0.25) is 5.02 Å². The highest BCUT2D eigenvalue weighted by Gasteiger charge is 2.32. The smallest absolute Gasteiger partial charge is 0.266 e. The van der Waals surface area contributed by atoms with E-state index in [0.717, 1.165) is 5.56 Å². The first-order chi connectivity index (χ1) is 14.1. The van der Waals surface area contributed by atoms with Gasteiger partial charge in [-0.2, -0.15) is 0 Å². The lowest BCUT2D eigenvalue weighted by atomic mass is 9.87. The molecular weight excluding hydrogens is 436 g/mol. The third kappa shape index (κ3) is 5.72. The normalized spacial score (nSPS) is 15.7. The summed E-state index contributed by atoms with van der Waals surface area (Å²) in [6, 6.07) is 15.0. The van der Waals surface area contributed by atoms with Crippen LogP contribution in [0.4, 0.5) is 5.69 Å². The maximum atomic E-state index is 12.8. The standard InChI is InChI=1S/C23H23ClN2O2S2/c1-23(2,3)16-6-4-15(5-7-16)14-19-21(28)26(22(29)30-19)13-12-20(27)25-18-10-8-17(24)9-11-18/h4-11,14H,12-13H2,1-3H3,(H,25,27)/b19-14-. The molecule has 1 saturated heterocycles. The van der Waals surface area contributed by atoms with Crippen molar-refractivity contribution >= 4 is 63.5 Å². The van der Waals surface area contributed by atoms with Gasteiger partial charge in [-0.15, -0.1) is 0 Å². The van der Waals surface area contributed by atoms with Gasteiger partial charge in [0, 0.05) is 23.7 Å². The van der Waals surface area contributed by atoms with Crippen LogP contribution >= 0.6 is 35.6 Å². The molecule has 2 aromatic carbocycles.